The van der Waals surface area contributed by atoms with Crippen molar-refractivity contribution >= 4 is 51.7 Å². The van der Waals surface area contributed by atoms with Crippen LogP contribution in [0, 0.1) is 9.49 Å². The Balaban J connectivity index is 2.11. The third kappa shape index (κ3) is 4.95. The zero-order valence-electron chi connectivity index (χ0n) is 13.3. The van der Waals surface area contributed by atoms with Crippen LogP contribution >= 0.6 is 34.2 Å². The second-order valence-electron chi connectivity index (χ2n) is 5.67. The van der Waals surface area contributed by atoms with Gasteiger partial charge in [-0.15, -0.1) is 0 Å². The Hall–Kier alpha value is -1.60. The molecule has 2 rings (SSSR count). The number of rotatable bonds is 5. The molecule has 24 heavy (non-hydrogen) atoms. The maximum atomic E-state index is 12.5. The third-order valence-corrected chi connectivity index (χ3v) is 4.51. The van der Waals surface area contributed by atoms with E-state index in [1.54, 1.807) is 24.3 Å². The van der Waals surface area contributed by atoms with Crippen molar-refractivity contribution in [3.63, 3.8) is 0 Å². The fourth-order valence-electron chi connectivity index (χ4n) is 2.15. The molecular formula is C18H18ClIN2O2. The maximum absolute atomic E-state index is 12.5. The molecule has 0 aromatic heterocycles. The van der Waals surface area contributed by atoms with E-state index >= 15 is 0 Å². The molecule has 0 fully saturated rings. The quantitative estimate of drug-likeness (QED) is 0.658. The Bertz CT molecular complexity index is 732. The lowest BCUT2D eigenvalue weighted by atomic mass is 10.0. The summed E-state index contributed by atoms with van der Waals surface area (Å²) in [5.74, 6) is -0.691. The van der Waals surface area contributed by atoms with E-state index in [1.807, 2.05) is 38.1 Å². The van der Waals surface area contributed by atoms with Crippen molar-refractivity contribution < 1.29 is 9.59 Å². The van der Waals surface area contributed by atoms with Crippen molar-refractivity contribution in [2.24, 2.45) is 5.92 Å². The summed E-state index contributed by atoms with van der Waals surface area (Å²) in [6.45, 7) is 3.76. The second kappa shape index (κ2) is 8.48. The summed E-state index contributed by atoms with van der Waals surface area (Å²) in [4.78, 5) is 24.9. The first kappa shape index (κ1) is 18.7. The van der Waals surface area contributed by atoms with Crippen molar-refractivity contribution in [1.29, 1.82) is 0 Å². The minimum absolute atomic E-state index is 0.0692. The monoisotopic (exact) mass is 456 g/mol. The molecule has 6 heteroatoms. The van der Waals surface area contributed by atoms with E-state index in [4.69, 9.17) is 11.6 Å². The standard InChI is InChI=1S/C18H18ClIN2O2/c1-11(2)16(18(24)21-13-9-7-12(20)8-10-13)22-17(23)14-5-3-4-6-15(14)19/h3-11,16H,1-2H3,(H,21,24)(H,22,23). The summed E-state index contributed by atoms with van der Waals surface area (Å²) >= 11 is 8.24. The summed E-state index contributed by atoms with van der Waals surface area (Å²) in [7, 11) is 0. The van der Waals surface area contributed by atoms with Gasteiger partial charge in [0.2, 0.25) is 5.91 Å². The fourth-order valence-corrected chi connectivity index (χ4v) is 2.73. The number of anilines is 1. The van der Waals surface area contributed by atoms with E-state index in [2.05, 4.69) is 33.2 Å². The van der Waals surface area contributed by atoms with Gasteiger partial charge in [-0.3, -0.25) is 9.59 Å². The molecule has 0 radical (unpaired) electrons. The van der Waals surface area contributed by atoms with E-state index in [-0.39, 0.29) is 17.7 Å². The Morgan fingerprint density at radius 3 is 2.25 bits per heavy atom. The van der Waals surface area contributed by atoms with Crippen LogP contribution in [0.25, 0.3) is 0 Å². The van der Waals surface area contributed by atoms with Gasteiger partial charge in [0.1, 0.15) is 6.04 Å². The lowest BCUT2D eigenvalue weighted by Crippen LogP contribution is -2.47. The molecule has 0 bridgehead atoms. The van der Waals surface area contributed by atoms with Crippen molar-refractivity contribution in [3.05, 3.63) is 62.7 Å². The van der Waals surface area contributed by atoms with Crippen LogP contribution in [0.4, 0.5) is 5.69 Å². The zero-order chi connectivity index (χ0) is 17.7. The number of carbonyl (C=O) groups excluding carboxylic acids is 2. The second-order valence-corrected chi connectivity index (χ2v) is 7.32. The number of hydrogen-bond donors (Lipinski definition) is 2. The van der Waals surface area contributed by atoms with Gasteiger partial charge >= 0.3 is 0 Å². The Morgan fingerprint density at radius 2 is 1.67 bits per heavy atom. The van der Waals surface area contributed by atoms with Gasteiger partial charge in [0.15, 0.2) is 0 Å². The Morgan fingerprint density at radius 1 is 1.04 bits per heavy atom. The highest BCUT2D eigenvalue weighted by Gasteiger charge is 2.25. The lowest BCUT2D eigenvalue weighted by Gasteiger charge is -2.22. The summed E-state index contributed by atoms with van der Waals surface area (Å²) in [5, 5.41) is 5.96. The normalized spacial score (nSPS) is 11.9. The highest BCUT2D eigenvalue weighted by molar-refractivity contribution is 14.1. The predicted octanol–water partition coefficient (Wildman–Crippen LogP) is 4.34. The van der Waals surface area contributed by atoms with Gasteiger partial charge in [0.25, 0.3) is 5.91 Å². The van der Waals surface area contributed by atoms with Crippen LogP contribution in [-0.4, -0.2) is 17.9 Å². The van der Waals surface area contributed by atoms with Gasteiger partial charge < -0.3 is 10.6 Å². The number of amides is 2. The minimum Gasteiger partial charge on any atom is -0.340 e. The van der Waals surface area contributed by atoms with Gasteiger partial charge in [-0.05, 0) is 64.9 Å². The van der Waals surface area contributed by atoms with Gasteiger partial charge in [-0.1, -0.05) is 37.6 Å². The molecule has 2 aromatic carbocycles. The predicted molar refractivity (Wildman–Crippen MR) is 105 cm³/mol. The number of halogens is 2. The molecule has 0 spiro atoms. The lowest BCUT2D eigenvalue weighted by molar-refractivity contribution is -0.118. The molecule has 0 aliphatic carbocycles. The summed E-state index contributed by atoms with van der Waals surface area (Å²) < 4.78 is 1.08. The molecular weight excluding hydrogens is 439 g/mol. The molecule has 2 aromatic rings. The van der Waals surface area contributed by atoms with Crippen LogP contribution in [0.5, 0.6) is 0 Å². The SMILES string of the molecule is CC(C)C(NC(=O)c1ccccc1Cl)C(=O)Nc1ccc(I)cc1. The number of carbonyl (C=O) groups is 2. The Labute approximate surface area is 160 Å². The summed E-state index contributed by atoms with van der Waals surface area (Å²) in [5.41, 5.74) is 1.05. The molecule has 4 nitrogen and oxygen atoms in total. The molecule has 0 saturated heterocycles. The zero-order valence-corrected chi connectivity index (χ0v) is 16.3. The van der Waals surface area contributed by atoms with E-state index < -0.39 is 6.04 Å². The van der Waals surface area contributed by atoms with Gasteiger partial charge in [-0.2, -0.15) is 0 Å². The minimum atomic E-state index is -0.659. The van der Waals surface area contributed by atoms with Crippen molar-refractivity contribution in [2.75, 3.05) is 5.32 Å². The van der Waals surface area contributed by atoms with E-state index in [0.29, 0.717) is 16.3 Å². The topological polar surface area (TPSA) is 58.2 Å². The first-order valence-electron chi connectivity index (χ1n) is 7.50. The number of hydrogen-bond acceptors (Lipinski definition) is 2. The molecule has 0 aliphatic rings. The van der Waals surface area contributed by atoms with Crippen LogP contribution in [0.3, 0.4) is 0 Å². The molecule has 126 valence electrons. The molecule has 0 saturated carbocycles. The van der Waals surface area contributed by atoms with Gasteiger partial charge in [0.05, 0.1) is 10.6 Å². The van der Waals surface area contributed by atoms with Gasteiger partial charge in [0, 0.05) is 9.26 Å². The smallest absolute Gasteiger partial charge is 0.253 e. The first-order chi connectivity index (χ1) is 11.4. The maximum Gasteiger partial charge on any atom is 0.253 e. The highest BCUT2D eigenvalue weighted by atomic mass is 127. The van der Waals surface area contributed by atoms with Crippen LogP contribution in [-0.2, 0) is 4.79 Å². The average molecular weight is 457 g/mol. The highest BCUT2D eigenvalue weighted by Crippen LogP contribution is 2.16. The molecule has 1 unspecified atom stereocenters. The third-order valence-electron chi connectivity index (χ3n) is 3.47. The largest absolute Gasteiger partial charge is 0.340 e. The van der Waals surface area contributed by atoms with Crippen LogP contribution in [0.15, 0.2) is 48.5 Å². The van der Waals surface area contributed by atoms with E-state index in [9.17, 15) is 9.59 Å². The number of benzene rings is 2. The Kier molecular flexibility index (Phi) is 6.62. The molecule has 0 aliphatic heterocycles. The van der Waals surface area contributed by atoms with Crippen LogP contribution in [0.2, 0.25) is 5.02 Å². The van der Waals surface area contributed by atoms with Crippen molar-refractivity contribution in [2.45, 2.75) is 19.9 Å². The van der Waals surface area contributed by atoms with Crippen molar-refractivity contribution in [3.8, 4) is 0 Å². The van der Waals surface area contributed by atoms with E-state index in [0.717, 1.165) is 3.57 Å². The molecule has 2 N–H and O–H groups in total. The number of nitrogens with one attached hydrogen (secondary N) is 2. The van der Waals surface area contributed by atoms with Crippen LogP contribution in [0.1, 0.15) is 24.2 Å². The average Bonchev–Trinajstić information content (AvgIpc) is 2.54. The fraction of sp³-hybridized carbons (Fsp3) is 0.222. The summed E-state index contributed by atoms with van der Waals surface area (Å²) in [6, 6.07) is 13.6. The van der Waals surface area contributed by atoms with Crippen LogP contribution < -0.4 is 10.6 Å². The van der Waals surface area contributed by atoms with Crippen molar-refractivity contribution in [1.82, 2.24) is 5.32 Å². The molecule has 0 heterocycles. The van der Waals surface area contributed by atoms with Gasteiger partial charge in [-0.25, -0.2) is 0 Å². The molecule has 2 amide bonds. The molecule has 1 atom stereocenters. The first-order valence-corrected chi connectivity index (χ1v) is 8.96. The van der Waals surface area contributed by atoms with E-state index in [1.165, 1.54) is 0 Å². The summed E-state index contributed by atoms with van der Waals surface area (Å²) in [6.07, 6.45) is 0.